The fourth-order valence-corrected chi connectivity index (χ4v) is 4.77. The van der Waals surface area contributed by atoms with Gasteiger partial charge in [0.15, 0.2) is 0 Å². The number of hydrogen-bond acceptors (Lipinski definition) is 5. The molecule has 1 amide bonds. The van der Waals surface area contributed by atoms with Crippen LogP contribution in [0.2, 0.25) is 5.02 Å². The number of halogens is 2. The van der Waals surface area contributed by atoms with E-state index in [0.29, 0.717) is 34.1 Å². The fraction of sp³-hybridized carbons (Fsp3) is 0.414. The summed E-state index contributed by atoms with van der Waals surface area (Å²) in [6, 6.07) is 8.75. The van der Waals surface area contributed by atoms with Crippen LogP contribution in [-0.4, -0.2) is 21.8 Å². The number of rotatable bonds is 9. The van der Waals surface area contributed by atoms with Gasteiger partial charge in [-0.3, -0.25) is 4.79 Å². The van der Waals surface area contributed by atoms with Crippen molar-refractivity contribution in [3.05, 3.63) is 68.9 Å². The van der Waals surface area contributed by atoms with Crippen LogP contribution in [0.15, 0.2) is 45.7 Å². The highest BCUT2D eigenvalue weighted by atomic mass is 35.5. The molecular formula is C29H32ClFN2O4. The molecule has 1 unspecified atom stereocenters. The van der Waals surface area contributed by atoms with Crippen molar-refractivity contribution in [2.24, 2.45) is 0 Å². The molecule has 37 heavy (non-hydrogen) atoms. The number of amides is 1. The Kier molecular flexibility index (Phi) is 9.12. The van der Waals surface area contributed by atoms with E-state index >= 15 is 0 Å². The molecule has 0 spiro atoms. The van der Waals surface area contributed by atoms with Crippen LogP contribution < -0.4 is 10.9 Å². The van der Waals surface area contributed by atoms with Gasteiger partial charge < -0.3 is 14.9 Å². The highest BCUT2D eigenvalue weighted by Gasteiger charge is 2.41. The van der Waals surface area contributed by atoms with Gasteiger partial charge in [0.25, 0.3) is 5.91 Å². The molecule has 3 aromatic rings. The summed E-state index contributed by atoms with van der Waals surface area (Å²) in [6.45, 7) is 7.44. The zero-order chi connectivity index (χ0) is 27.2. The standard InChI is InChI=1S/C29H32ClFN2O4/c1-5-6-7-8-9-10-15-29(36,18-28(3,4)24-14-11-20(31)16-25(24)30)27(35)32-21-12-13-22-23(17-21)19(2)33-37-26(22)34/h11-14,16-17,36H,5-9,18H2,1-4H3,(H,32,35). The lowest BCUT2D eigenvalue weighted by Crippen LogP contribution is -2.46. The third-order valence-corrected chi connectivity index (χ3v) is 6.65. The number of benzene rings is 2. The number of aryl methyl sites for hydroxylation is 1. The molecule has 0 aliphatic heterocycles. The summed E-state index contributed by atoms with van der Waals surface area (Å²) in [4.78, 5) is 25.5. The second-order valence-electron chi connectivity index (χ2n) is 9.93. The SMILES string of the molecule is CCCCCCC#CC(O)(CC(C)(C)c1ccc(F)cc1Cl)C(=O)Nc1ccc2c(=O)onc(C)c2c1. The number of hydrogen-bond donors (Lipinski definition) is 2. The normalized spacial score (nSPS) is 13.1. The van der Waals surface area contributed by atoms with Crippen molar-refractivity contribution >= 4 is 34.0 Å². The maximum absolute atomic E-state index is 13.7. The molecule has 0 saturated carbocycles. The van der Waals surface area contributed by atoms with Crippen molar-refractivity contribution in [1.29, 1.82) is 0 Å². The number of unbranched alkanes of at least 4 members (excludes halogenated alkanes) is 4. The predicted octanol–water partition coefficient (Wildman–Crippen LogP) is 6.30. The molecule has 6 nitrogen and oxygen atoms in total. The molecule has 0 fully saturated rings. The van der Waals surface area contributed by atoms with Crippen LogP contribution in [0.1, 0.15) is 70.6 Å². The maximum atomic E-state index is 13.7. The molecule has 0 aliphatic carbocycles. The Bertz CT molecular complexity index is 1410. The topological polar surface area (TPSA) is 92.4 Å². The van der Waals surface area contributed by atoms with Gasteiger partial charge in [0.05, 0.1) is 11.1 Å². The van der Waals surface area contributed by atoms with E-state index in [2.05, 4.69) is 29.2 Å². The molecule has 1 heterocycles. The second kappa shape index (κ2) is 11.9. The number of fused-ring (bicyclic) bond motifs is 1. The van der Waals surface area contributed by atoms with E-state index in [1.54, 1.807) is 25.1 Å². The lowest BCUT2D eigenvalue weighted by molar-refractivity contribution is -0.130. The Hall–Kier alpha value is -3.21. The summed E-state index contributed by atoms with van der Waals surface area (Å²) in [5.41, 5.74) is -2.03. The van der Waals surface area contributed by atoms with Crippen LogP contribution in [0.5, 0.6) is 0 Å². The van der Waals surface area contributed by atoms with Gasteiger partial charge in [-0.2, -0.15) is 0 Å². The average Bonchev–Trinajstić information content (AvgIpc) is 2.83. The van der Waals surface area contributed by atoms with E-state index in [1.807, 2.05) is 13.8 Å². The fourth-order valence-electron chi connectivity index (χ4n) is 4.35. The molecule has 8 heteroatoms. The van der Waals surface area contributed by atoms with Crippen molar-refractivity contribution in [2.45, 2.75) is 77.2 Å². The van der Waals surface area contributed by atoms with Gasteiger partial charge in [-0.05, 0) is 54.7 Å². The first kappa shape index (κ1) is 28.4. The van der Waals surface area contributed by atoms with E-state index in [4.69, 9.17) is 16.1 Å². The Morgan fingerprint density at radius 1 is 1.16 bits per heavy atom. The highest BCUT2D eigenvalue weighted by molar-refractivity contribution is 6.31. The van der Waals surface area contributed by atoms with Gasteiger partial charge in [0.2, 0.25) is 5.60 Å². The summed E-state index contributed by atoms with van der Waals surface area (Å²) in [5, 5.41) is 19.2. The first-order valence-electron chi connectivity index (χ1n) is 12.4. The molecular weight excluding hydrogens is 495 g/mol. The lowest BCUT2D eigenvalue weighted by Gasteiger charge is -2.33. The average molecular weight is 527 g/mol. The van der Waals surface area contributed by atoms with Gasteiger partial charge in [-0.15, -0.1) is 0 Å². The Labute approximate surface area is 221 Å². The minimum Gasteiger partial charge on any atom is -0.369 e. The maximum Gasteiger partial charge on any atom is 0.366 e. The third kappa shape index (κ3) is 6.97. The Balaban J connectivity index is 1.93. The largest absolute Gasteiger partial charge is 0.369 e. The first-order valence-corrected chi connectivity index (χ1v) is 12.7. The van der Waals surface area contributed by atoms with Crippen LogP contribution in [0.4, 0.5) is 10.1 Å². The number of aromatic nitrogens is 1. The quantitative estimate of drug-likeness (QED) is 0.252. The summed E-state index contributed by atoms with van der Waals surface area (Å²) in [7, 11) is 0. The lowest BCUT2D eigenvalue weighted by atomic mass is 9.75. The molecule has 2 aromatic carbocycles. The molecule has 1 atom stereocenters. The molecule has 196 valence electrons. The Morgan fingerprint density at radius 3 is 2.62 bits per heavy atom. The number of carbonyl (C=O) groups excluding carboxylic acids is 1. The molecule has 3 rings (SSSR count). The minimum atomic E-state index is -2.07. The van der Waals surface area contributed by atoms with E-state index in [9.17, 15) is 19.1 Å². The number of anilines is 1. The van der Waals surface area contributed by atoms with E-state index < -0.39 is 28.4 Å². The zero-order valence-corrected chi connectivity index (χ0v) is 22.3. The molecule has 0 bridgehead atoms. The smallest absolute Gasteiger partial charge is 0.366 e. The van der Waals surface area contributed by atoms with Crippen LogP contribution in [0, 0.1) is 24.6 Å². The summed E-state index contributed by atoms with van der Waals surface area (Å²) < 4.78 is 18.4. The molecule has 0 aliphatic rings. The molecule has 2 N–H and O–H groups in total. The van der Waals surface area contributed by atoms with Crippen LogP contribution in [-0.2, 0) is 10.2 Å². The number of nitrogens with zero attached hydrogens (tertiary/aromatic N) is 1. The van der Waals surface area contributed by atoms with E-state index in [0.717, 1.165) is 25.7 Å². The first-order chi connectivity index (χ1) is 17.5. The van der Waals surface area contributed by atoms with Crippen molar-refractivity contribution < 1.29 is 18.8 Å². The molecule has 1 aromatic heterocycles. The van der Waals surface area contributed by atoms with Gasteiger partial charge in [-0.1, -0.05) is 74.7 Å². The summed E-state index contributed by atoms with van der Waals surface area (Å²) in [5.74, 6) is 4.60. The van der Waals surface area contributed by atoms with Crippen LogP contribution >= 0.6 is 11.6 Å². The van der Waals surface area contributed by atoms with Crippen molar-refractivity contribution in [3.8, 4) is 11.8 Å². The highest BCUT2D eigenvalue weighted by Crippen LogP contribution is 2.37. The number of nitrogens with one attached hydrogen (secondary N) is 1. The van der Waals surface area contributed by atoms with Crippen molar-refractivity contribution in [2.75, 3.05) is 5.32 Å². The number of aliphatic hydroxyl groups is 1. The second-order valence-corrected chi connectivity index (χ2v) is 10.3. The monoisotopic (exact) mass is 526 g/mol. The van der Waals surface area contributed by atoms with Gasteiger partial charge in [-0.25, -0.2) is 9.18 Å². The predicted molar refractivity (Wildman–Crippen MR) is 144 cm³/mol. The zero-order valence-electron chi connectivity index (χ0n) is 21.6. The molecule has 0 saturated heterocycles. The van der Waals surface area contributed by atoms with E-state index in [1.165, 1.54) is 18.2 Å². The van der Waals surface area contributed by atoms with Crippen LogP contribution in [0.3, 0.4) is 0 Å². The van der Waals surface area contributed by atoms with E-state index in [-0.39, 0.29) is 11.4 Å². The van der Waals surface area contributed by atoms with Crippen LogP contribution in [0.25, 0.3) is 10.8 Å². The Morgan fingerprint density at radius 2 is 1.92 bits per heavy atom. The third-order valence-electron chi connectivity index (χ3n) is 6.34. The number of carbonyl (C=O) groups is 1. The van der Waals surface area contributed by atoms with Gasteiger partial charge in [0.1, 0.15) is 5.82 Å². The summed E-state index contributed by atoms with van der Waals surface area (Å²) >= 11 is 6.31. The minimum absolute atomic E-state index is 0.0864. The van der Waals surface area contributed by atoms with Crippen molar-refractivity contribution in [3.63, 3.8) is 0 Å². The van der Waals surface area contributed by atoms with Crippen molar-refractivity contribution in [1.82, 2.24) is 5.16 Å². The van der Waals surface area contributed by atoms with Gasteiger partial charge >= 0.3 is 5.63 Å². The summed E-state index contributed by atoms with van der Waals surface area (Å²) in [6.07, 6.45) is 4.53. The molecule has 0 radical (unpaired) electrons. The van der Waals surface area contributed by atoms with Gasteiger partial charge in [0, 0.05) is 28.9 Å².